The lowest BCUT2D eigenvalue weighted by Crippen LogP contribution is -2.44. The number of rotatable bonds is 6. The van der Waals surface area contributed by atoms with E-state index in [1.165, 1.54) is 23.1 Å². The highest BCUT2D eigenvalue weighted by atomic mass is 32.2. The summed E-state index contributed by atoms with van der Waals surface area (Å²) in [6, 6.07) is 17.0. The molecule has 1 atom stereocenters. The molecule has 194 valence electrons. The van der Waals surface area contributed by atoms with Crippen LogP contribution < -0.4 is 9.64 Å². The predicted molar refractivity (Wildman–Crippen MR) is 152 cm³/mol. The lowest BCUT2D eigenvalue weighted by molar-refractivity contribution is 0.146. The van der Waals surface area contributed by atoms with Crippen molar-refractivity contribution in [3.63, 3.8) is 0 Å². The molecule has 0 saturated carbocycles. The molecule has 2 fully saturated rings. The first kappa shape index (κ1) is 26.7. The fourth-order valence-electron chi connectivity index (χ4n) is 4.86. The molecule has 7 heteroatoms. The van der Waals surface area contributed by atoms with Crippen LogP contribution in [0, 0.1) is 5.92 Å². The Bertz CT molecular complexity index is 1090. The zero-order valence-corrected chi connectivity index (χ0v) is 23.3. The average Bonchev–Trinajstić information content (AvgIpc) is 2.94. The van der Waals surface area contributed by atoms with E-state index in [9.17, 15) is 0 Å². The van der Waals surface area contributed by atoms with Gasteiger partial charge >= 0.3 is 0 Å². The summed E-state index contributed by atoms with van der Waals surface area (Å²) in [4.78, 5) is 16.4. The highest BCUT2D eigenvalue weighted by molar-refractivity contribution is 7.97. The fraction of sp³-hybridized carbons (Fsp3) is 0.517. The summed E-state index contributed by atoms with van der Waals surface area (Å²) in [6.45, 7) is 14.8. The van der Waals surface area contributed by atoms with Crippen molar-refractivity contribution in [3.05, 3.63) is 54.4 Å². The first-order valence-electron chi connectivity index (χ1n) is 13.4. The summed E-state index contributed by atoms with van der Waals surface area (Å²) >= 11 is 1.83. The summed E-state index contributed by atoms with van der Waals surface area (Å²) in [5, 5.41) is 1.17. The van der Waals surface area contributed by atoms with Crippen LogP contribution in [0.5, 0.6) is 5.75 Å². The zero-order valence-electron chi connectivity index (χ0n) is 22.5. The van der Waals surface area contributed by atoms with E-state index in [1.807, 2.05) is 37.9 Å². The molecule has 5 rings (SSSR count). The molecule has 1 aromatic heterocycles. The summed E-state index contributed by atoms with van der Waals surface area (Å²) in [5.74, 6) is 3.77. The van der Waals surface area contributed by atoms with Gasteiger partial charge < -0.3 is 9.64 Å². The van der Waals surface area contributed by atoms with E-state index in [1.54, 1.807) is 7.11 Å². The predicted octanol–water partition coefficient (Wildman–Crippen LogP) is 6.29. The largest absolute Gasteiger partial charge is 0.497 e. The van der Waals surface area contributed by atoms with Crippen molar-refractivity contribution in [1.82, 2.24) is 19.2 Å². The quantitative estimate of drug-likeness (QED) is 0.364. The van der Waals surface area contributed by atoms with Crippen LogP contribution in [0.4, 0.5) is 5.82 Å². The Kier molecular flexibility index (Phi) is 9.46. The molecule has 2 aromatic carbocycles. The molecule has 0 aliphatic carbocycles. The third kappa shape index (κ3) is 6.31. The monoisotopic (exact) mass is 507 g/mol. The number of methoxy groups -OCH3 is 1. The number of benzene rings is 2. The molecule has 0 bridgehead atoms. The number of piperidine rings is 1. The van der Waals surface area contributed by atoms with Crippen molar-refractivity contribution < 1.29 is 4.74 Å². The summed E-state index contributed by atoms with van der Waals surface area (Å²) in [5.41, 5.74) is 1.06. The molecule has 2 saturated heterocycles. The van der Waals surface area contributed by atoms with Crippen molar-refractivity contribution in [2.45, 2.75) is 51.5 Å². The van der Waals surface area contributed by atoms with Gasteiger partial charge in [0.15, 0.2) is 0 Å². The van der Waals surface area contributed by atoms with Gasteiger partial charge in [-0.2, -0.15) is 0 Å². The maximum atomic E-state index is 5.28. The second-order valence-electron chi connectivity index (χ2n) is 9.50. The van der Waals surface area contributed by atoms with Crippen LogP contribution in [-0.2, 0) is 0 Å². The van der Waals surface area contributed by atoms with Crippen molar-refractivity contribution in [3.8, 4) is 5.75 Å². The van der Waals surface area contributed by atoms with E-state index < -0.39 is 0 Å². The highest BCUT2D eigenvalue weighted by Gasteiger charge is 2.26. The van der Waals surface area contributed by atoms with Gasteiger partial charge in [0.25, 0.3) is 0 Å². The average molecular weight is 508 g/mol. The fourth-order valence-corrected chi connectivity index (χ4v) is 5.76. The lowest BCUT2D eigenvalue weighted by atomic mass is 9.99. The maximum Gasteiger partial charge on any atom is 0.148 e. The lowest BCUT2D eigenvalue weighted by Gasteiger charge is -2.37. The second kappa shape index (κ2) is 12.7. The Balaban J connectivity index is 0.00000148. The smallest absolute Gasteiger partial charge is 0.148 e. The van der Waals surface area contributed by atoms with Gasteiger partial charge in [0, 0.05) is 49.6 Å². The first-order valence-corrected chi connectivity index (χ1v) is 14.2. The number of hydrogen-bond acceptors (Lipinski definition) is 7. The van der Waals surface area contributed by atoms with Gasteiger partial charge in [-0.3, -0.25) is 4.90 Å². The van der Waals surface area contributed by atoms with E-state index in [0.717, 1.165) is 68.1 Å². The molecule has 0 spiro atoms. The molecule has 0 amide bonds. The number of fused-ring (bicyclic) bond motifs is 1. The van der Waals surface area contributed by atoms with Crippen LogP contribution in [0.3, 0.4) is 0 Å². The third-order valence-electron chi connectivity index (χ3n) is 7.17. The van der Waals surface area contributed by atoms with E-state index in [0.29, 0.717) is 0 Å². The normalized spacial score (nSPS) is 18.5. The SMILES string of the molecule is CC.COc1ccc(SN2CCN(C(C)c3nc(N4CCC(C)CC4)c4ccccc4n3)CC2)cc1. The van der Waals surface area contributed by atoms with E-state index in [2.05, 4.69) is 64.4 Å². The summed E-state index contributed by atoms with van der Waals surface area (Å²) in [7, 11) is 1.71. The van der Waals surface area contributed by atoms with Crippen LogP contribution in [0.15, 0.2) is 53.4 Å². The minimum absolute atomic E-state index is 0.195. The van der Waals surface area contributed by atoms with Crippen molar-refractivity contribution >= 4 is 28.7 Å². The number of para-hydroxylation sites is 1. The van der Waals surface area contributed by atoms with E-state index in [-0.39, 0.29) is 6.04 Å². The van der Waals surface area contributed by atoms with Gasteiger partial charge in [0.1, 0.15) is 17.4 Å². The Hall–Kier alpha value is -2.35. The molecule has 0 N–H and O–H groups in total. The van der Waals surface area contributed by atoms with Crippen molar-refractivity contribution in [1.29, 1.82) is 0 Å². The van der Waals surface area contributed by atoms with Gasteiger partial charge in [0.2, 0.25) is 0 Å². The van der Waals surface area contributed by atoms with Gasteiger partial charge in [0.05, 0.1) is 18.7 Å². The number of anilines is 1. The van der Waals surface area contributed by atoms with Gasteiger partial charge in [-0.25, -0.2) is 14.3 Å². The topological polar surface area (TPSA) is 44.7 Å². The van der Waals surface area contributed by atoms with Crippen molar-refractivity contribution in [2.75, 3.05) is 51.3 Å². The van der Waals surface area contributed by atoms with Crippen LogP contribution in [0.25, 0.3) is 10.9 Å². The van der Waals surface area contributed by atoms with Gasteiger partial charge in [-0.05, 0) is 74.0 Å². The van der Waals surface area contributed by atoms with E-state index in [4.69, 9.17) is 14.7 Å². The highest BCUT2D eigenvalue weighted by Crippen LogP contribution is 2.32. The number of ether oxygens (including phenoxy) is 1. The van der Waals surface area contributed by atoms with Crippen LogP contribution >= 0.6 is 11.9 Å². The van der Waals surface area contributed by atoms with Gasteiger partial charge in [-0.15, -0.1) is 0 Å². The van der Waals surface area contributed by atoms with Crippen molar-refractivity contribution in [2.24, 2.45) is 5.92 Å². The van der Waals surface area contributed by atoms with Crippen LogP contribution in [0.2, 0.25) is 0 Å². The van der Waals surface area contributed by atoms with Gasteiger partial charge in [-0.1, -0.05) is 32.9 Å². The summed E-state index contributed by atoms with van der Waals surface area (Å²) in [6.07, 6.45) is 2.47. The Morgan fingerprint density at radius 2 is 1.56 bits per heavy atom. The van der Waals surface area contributed by atoms with Crippen LogP contribution in [-0.4, -0.2) is 65.6 Å². The molecular weight excluding hydrogens is 466 g/mol. The first-order chi connectivity index (χ1) is 17.6. The Morgan fingerprint density at radius 1 is 0.889 bits per heavy atom. The number of hydrogen-bond donors (Lipinski definition) is 0. The standard InChI is InChI=1S/C27H35N5OS.C2H6/c1-20-12-14-31(15-13-20)27-24-6-4-5-7-25(24)28-26(29-27)21(2)30-16-18-32(19-17-30)34-23-10-8-22(33-3)9-11-23;1-2/h4-11,20-21H,12-19H2,1-3H3;1-2H3. The number of nitrogens with zero attached hydrogens (tertiary/aromatic N) is 5. The molecule has 3 aromatic rings. The number of piperazine rings is 1. The van der Waals surface area contributed by atoms with E-state index >= 15 is 0 Å². The third-order valence-corrected chi connectivity index (χ3v) is 8.28. The Labute approximate surface area is 221 Å². The second-order valence-corrected chi connectivity index (χ2v) is 10.7. The molecular formula is C29H41N5OS. The molecule has 2 aliphatic heterocycles. The molecule has 36 heavy (non-hydrogen) atoms. The molecule has 2 aliphatic rings. The Morgan fingerprint density at radius 3 is 2.22 bits per heavy atom. The van der Waals surface area contributed by atoms with Crippen LogP contribution in [0.1, 0.15) is 52.4 Å². The maximum absolute atomic E-state index is 5.28. The summed E-state index contributed by atoms with van der Waals surface area (Å²) < 4.78 is 7.73. The molecule has 0 radical (unpaired) electrons. The molecule has 3 heterocycles. The molecule has 1 unspecified atom stereocenters. The zero-order chi connectivity index (χ0) is 25.5. The minimum Gasteiger partial charge on any atom is -0.497 e. The number of aromatic nitrogens is 2. The minimum atomic E-state index is 0.195. The molecule has 6 nitrogen and oxygen atoms in total.